The summed E-state index contributed by atoms with van der Waals surface area (Å²) in [5.74, 6) is 0.702. The van der Waals surface area contributed by atoms with E-state index in [-0.39, 0.29) is 0 Å². The van der Waals surface area contributed by atoms with Crippen molar-refractivity contribution in [2.75, 3.05) is 20.2 Å². The number of benzene rings is 2. The van der Waals surface area contributed by atoms with Gasteiger partial charge in [0.25, 0.3) is 10.2 Å². The highest BCUT2D eigenvalue weighted by molar-refractivity contribution is 7.87. The Morgan fingerprint density at radius 2 is 2.08 bits per heavy atom. The summed E-state index contributed by atoms with van der Waals surface area (Å²) in [6.07, 6.45) is 0.654. The second-order valence-electron chi connectivity index (χ2n) is 5.89. The lowest BCUT2D eigenvalue weighted by atomic mass is 9.89. The van der Waals surface area contributed by atoms with Crippen LogP contribution in [0, 0.1) is 0 Å². The van der Waals surface area contributed by atoms with Crippen LogP contribution >= 0.6 is 11.6 Å². The van der Waals surface area contributed by atoms with Crippen LogP contribution in [-0.2, 0) is 16.6 Å². The lowest BCUT2D eigenvalue weighted by Gasteiger charge is -2.36. The molecule has 1 N–H and O–H groups in total. The molecule has 5 nitrogen and oxygen atoms in total. The van der Waals surface area contributed by atoms with E-state index in [4.69, 9.17) is 16.3 Å². The van der Waals surface area contributed by atoms with Gasteiger partial charge in [0, 0.05) is 18.1 Å². The maximum atomic E-state index is 12.8. The summed E-state index contributed by atoms with van der Waals surface area (Å²) in [6, 6.07) is 12.7. The van der Waals surface area contributed by atoms with Crippen molar-refractivity contribution in [1.29, 1.82) is 0 Å². The van der Waals surface area contributed by atoms with Crippen molar-refractivity contribution in [3.8, 4) is 5.75 Å². The quantitative estimate of drug-likeness (QED) is 0.866. The number of ether oxygens (including phenoxy) is 1. The Bertz CT molecular complexity index is 870. The third-order valence-corrected chi connectivity index (χ3v) is 6.24. The van der Waals surface area contributed by atoms with Crippen LogP contribution in [0.1, 0.15) is 29.7 Å². The van der Waals surface area contributed by atoms with Crippen molar-refractivity contribution in [2.45, 2.75) is 19.4 Å². The van der Waals surface area contributed by atoms with E-state index in [2.05, 4.69) is 4.72 Å². The Balaban J connectivity index is 2.17. The van der Waals surface area contributed by atoms with Gasteiger partial charge in [-0.25, -0.2) is 4.72 Å². The van der Waals surface area contributed by atoms with Crippen molar-refractivity contribution in [3.05, 3.63) is 64.2 Å². The predicted molar refractivity (Wildman–Crippen MR) is 99.3 cm³/mol. The molecule has 0 aromatic heterocycles. The monoisotopic (exact) mass is 380 g/mol. The minimum Gasteiger partial charge on any atom is -0.497 e. The van der Waals surface area contributed by atoms with Gasteiger partial charge in [0.1, 0.15) is 5.75 Å². The number of nitrogens with one attached hydrogen (secondary N) is 1. The average Bonchev–Trinajstić information content (AvgIpc) is 2.60. The van der Waals surface area contributed by atoms with Gasteiger partial charge < -0.3 is 4.74 Å². The zero-order valence-corrected chi connectivity index (χ0v) is 15.8. The molecule has 0 saturated carbocycles. The van der Waals surface area contributed by atoms with Crippen molar-refractivity contribution >= 4 is 21.8 Å². The minimum atomic E-state index is -3.61. The first-order chi connectivity index (χ1) is 12.0. The molecule has 1 aliphatic rings. The SMILES string of the molecule is CCNS(=O)(=O)N1CCc2ccc(OC)cc2C1c1cccc(Cl)c1. The van der Waals surface area contributed by atoms with Crippen LogP contribution in [-0.4, -0.2) is 32.9 Å². The molecule has 1 aliphatic heterocycles. The smallest absolute Gasteiger partial charge is 0.280 e. The van der Waals surface area contributed by atoms with Crippen LogP contribution < -0.4 is 9.46 Å². The van der Waals surface area contributed by atoms with Gasteiger partial charge >= 0.3 is 0 Å². The summed E-state index contributed by atoms with van der Waals surface area (Å²) in [5, 5.41) is 0.577. The molecule has 7 heteroatoms. The summed E-state index contributed by atoms with van der Waals surface area (Å²) >= 11 is 6.16. The number of rotatable bonds is 5. The van der Waals surface area contributed by atoms with Crippen LogP contribution in [0.5, 0.6) is 5.75 Å². The Morgan fingerprint density at radius 1 is 1.28 bits per heavy atom. The van der Waals surface area contributed by atoms with E-state index in [1.807, 2.05) is 36.4 Å². The van der Waals surface area contributed by atoms with Gasteiger partial charge in [-0.2, -0.15) is 12.7 Å². The molecule has 3 rings (SSSR count). The lowest BCUT2D eigenvalue weighted by molar-refractivity contribution is 0.336. The van der Waals surface area contributed by atoms with Crippen LogP contribution in [0.15, 0.2) is 42.5 Å². The van der Waals surface area contributed by atoms with Gasteiger partial charge in [0.15, 0.2) is 0 Å². The fourth-order valence-electron chi connectivity index (χ4n) is 3.24. The van der Waals surface area contributed by atoms with Crippen LogP contribution in [0.4, 0.5) is 0 Å². The zero-order valence-electron chi connectivity index (χ0n) is 14.2. The minimum absolute atomic E-state index is 0.339. The van der Waals surface area contributed by atoms with Crippen LogP contribution in [0.2, 0.25) is 5.02 Å². The van der Waals surface area contributed by atoms with E-state index < -0.39 is 16.3 Å². The van der Waals surface area contributed by atoms with Gasteiger partial charge in [-0.05, 0) is 47.4 Å². The third-order valence-electron chi connectivity index (χ3n) is 4.34. The number of methoxy groups -OCH3 is 1. The van der Waals surface area contributed by atoms with Gasteiger partial charge in [0.2, 0.25) is 0 Å². The Hall–Kier alpha value is -1.60. The molecule has 0 radical (unpaired) electrons. The van der Waals surface area contributed by atoms with E-state index in [0.717, 1.165) is 16.7 Å². The molecule has 1 unspecified atom stereocenters. The molecule has 2 aromatic carbocycles. The highest BCUT2D eigenvalue weighted by atomic mass is 35.5. The lowest BCUT2D eigenvalue weighted by Crippen LogP contribution is -2.46. The van der Waals surface area contributed by atoms with Crippen molar-refractivity contribution in [2.24, 2.45) is 0 Å². The normalized spacial score (nSPS) is 18.0. The second-order valence-corrected chi connectivity index (χ2v) is 8.03. The molecule has 0 fully saturated rings. The Kier molecular flexibility index (Phi) is 5.34. The number of nitrogens with zero attached hydrogens (tertiary/aromatic N) is 1. The van der Waals surface area contributed by atoms with Crippen molar-refractivity contribution in [1.82, 2.24) is 9.03 Å². The summed E-state index contributed by atoms with van der Waals surface area (Å²) < 4.78 is 35.0. The van der Waals surface area contributed by atoms with E-state index in [1.54, 1.807) is 20.1 Å². The van der Waals surface area contributed by atoms with E-state index in [9.17, 15) is 8.42 Å². The third kappa shape index (κ3) is 3.67. The first-order valence-corrected chi connectivity index (χ1v) is 9.96. The van der Waals surface area contributed by atoms with E-state index in [0.29, 0.717) is 30.3 Å². The molecule has 0 aliphatic carbocycles. The molecule has 134 valence electrons. The molecule has 0 bridgehead atoms. The van der Waals surface area contributed by atoms with Crippen LogP contribution in [0.25, 0.3) is 0 Å². The molecular weight excluding hydrogens is 360 g/mol. The molecule has 1 atom stereocenters. The zero-order chi connectivity index (χ0) is 18.0. The number of halogens is 1. The van der Waals surface area contributed by atoms with Gasteiger partial charge in [-0.3, -0.25) is 0 Å². The molecule has 0 amide bonds. The summed E-state index contributed by atoms with van der Waals surface area (Å²) in [5.41, 5.74) is 2.88. The first-order valence-electron chi connectivity index (χ1n) is 8.15. The molecule has 2 aromatic rings. The summed E-state index contributed by atoms with van der Waals surface area (Å²) in [6.45, 7) is 2.52. The predicted octanol–water partition coefficient (Wildman–Crippen LogP) is 3.15. The standard InChI is InChI=1S/C18H21ClN2O3S/c1-3-20-25(22,23)21-10-9-13-7-8-16(24-2)12-17(13)18(21)14-5-4-6-15(19)11-14/h4-8,11-12,18,20H,3,9-10H2,1-2H3. The molecule has 25 heavy (non-hydrogen) atoms. The second kappa shape index (κ2) is 7.33. The van der Waals surface area contributed by atoms with Crippen molar-refractivity contribution in [3.63, 3.8) is 0 Å². The highest BCUT2D eigenvalue weighted by Crippen LogP contribution is 2.38. The molecular formula is C18H21ClN2O3S. The number of hydrogen-bond donors (Lipinski definition) is 1. The topological polar surface area (TPSA) is 58.6 Å². The fraction of sp³-hybridized carbons (Fsp3) is 0.333. The van der Waals surface area contributed by atoms with Gasteiger partial charge in [-0.15, -0.1) is 0 Å². The Morgan fingerprint density at radius 3 is 2.76 bits per heavy atom. The summed E-state index contributed by atoms with van der Waals surface area (Å²) in [4.78, 5) is 0. The van der Waals surface area contributed by atoms with Gasteiger partial charge in [0.05, 0.1) is 13.2 Å². The first kappa shape index (κ1) is 18.2. The molecule has 0 spiro atoms. The molecule has 1 heterocycles. The average molecular weight is 381 g/mol. The highest BCUT2D eigenvalue weighted by Gasteiger charge is 2.36. The Labute approximate surface area is 153 Å². The van der Waals surface area contributed by atoms with Crippen LogP contribution in [0.3, 0.4) is 0 Å². The fourth-order valence-corrected chi connectivity index (χ4v) is 4.82. The van der Waals surface area contributed by atoms with Crippen molar-refractivity contribution < 1.29 is 13.2 Å². The largest absolute Gasteiger partial charge is 0.497 e. The maximum absolute atomic E-state index is 12.8. The maximum Gasteiger partial charge on any atom is 0.280 e. The number of hydrogen-bond acceptors (Lipinski definition) is 3. The van der Waals surface area contributed by atoms with E-state index >= 15 is 0 Å². The summed E-state index contributed by atoms with van der Waals surface area (Å²) in [7, 11) is -2.00. The van der Waals surface area contributed by atoms with Gasteiger partial charge in [-0.1, -0.05) is 36.7 Å². The number of fused-ring (bicyclic) bond motifs is 1. The molecule has 0 saturated heterocycles. The van der Waals surface area contributed by atoms with E-state index in [1.165, 1.54) is 4.31 Å².